The number of nitrogens with one attached hydrogen (secondary N) is 1. The lowest BCUT2D eigenvalue weighted by molar-refractivity contribution is -0.123. The van der Waals surface area contributed by atoms with Crippen molar-refractivity contribution < 1.29 is 18.7 Å². The van der Waals surface area contributed by atoms with E-state index in [1.54, 1.807) is 25.1 Å². The van der Waals surface area contributed by atoms with Gasteiger partial charge in [-0.3, -0.25) is 4.79 Å². The Morgan fingerprint density at radius 2 is 1.95 bits per heavy atom. The van der Waals surface area contributed by atoms with Crippen LogP contribution in [0.1, 0.15) is 18.5 Å². The number of amides is 1. The molecule has 0 aromatic heterocycles. The van der Waals surface area contributed by atoms with E-state index in [0.717, 1.165) is 0 Å². The van der Waals surface area contributed by atoms with Gasteiger partial charge < -0.3 is 14.8 Å². The van der Waals surface area contributed by atoms with Crippen molar-refractivity contribution >= 4 is 5.91 Å². The van der Waals surface area contributed by atoms with E-state index in [9.17, 15) is 9.18 Å². The molecule has 2 aromatic carbocycles. The summed E-state index contributed by atoms with van der Waals surface area (Å²) >= 11 is 0. The Bertz CT molecular complexity index is 631. The van der Waals surface area contributed by atoms with Crippen LogP contribution in [-0.2, 0) is 4.79 Å². The fourth-order valence-electron chi connectivity index (χ4n) is 1.98. The molecule has 0 heterocycles. The van der Waals surface area contributed by atoms with Crippen molar-refractivity contribution in [3.8, 4) is 11.5 Å². The Labute approximate surface area is 128 Å². The summed E-state index contributed by atoms with van der Waals surface area (Å²) in [4.78, 5) is 11.9. The molecule has 1 amide bonds. The molecule has 4 nitrogen and oxygen atoms in total. The Morgan fingerprint density at radius 3 is 2.59 bits per heavy atom. The van der Waals surface area contributed by atoms with E-state index in [0.29, 0.717) is 11.3 Å². The topological polar surface area (TPSA) is 47.6 Å². The Kier molecular flexibility index (Phi) is 5.36. The molecule has 22 heavy (non-hydrogen) atoms. The standard InChI is InChI=1S/C17H18FNO3/c1-12(13-8-9-16(21-2)15(18)10-13)19-17(20)11-22-14-6-4-3-5-7-14/h3-10,12H,11H2,1-2H3,(H,19,20)/t12-/m1/s1. The first-order valence-corrected chi connectivity index (χ1v) is 6.91. The minimum absolute atomic E-state index is 0.0903. The average Bonchev–Trinajstić information content (AvgIpc) is 2.53. The Hall–Kier alpha value is -2.56. The van der Waals surface area contributed by atoms with Crippen molar-refractivity contribution in [2.24, 2.45) is 0 Å². The zero-order valence-corrected chi connectivity index (χ0v) is 12.5. The van der Waals surface area contributed by atoms with Crippen LogP contribution in [0.15, 0.2) is 48.5 Å². The van der Waals surface area contributed by atoms with Crippen LogP contribution in [-0.4, -0.2) is 19.6 Å². The smallest absolute Gasteiger partial charge is 0.258 e. The van der Waals surface area contributed by atoms with Crippen molar-refractivity contribution in [1.29, 1.82) is 0 Å². The number of para-hydroxylation sites is 1. The number of rotatable bonds is 6. The van der Waals surface area contributed by atoms with Crippen LogP contribution >= 0.6 is 0 Å². The van der Waals surface area contributed by atoms with Gasteiger partial charge in [0.2, 0.25) is 0 Å². The highest BCUT2D eigenvalue weighted by Crippen LogP contribution is 2.21. The monoisotopic (exact) mass is 303 g/mol. The van der Waals surface area contributed by atoms with Gasteiger partial charge in [-0.05, 0) is 36.8 Å². The third-order valence-electron chi connectivity index (χ3n) is 3.17. The zero-order valence-electron chi connectivity index (χ0n) is 12.5. The fourth-order valence-corrected chi connectivity index (χ4v) is 1.98. The van der Waals surface area contributed by atoms with Gasteiger partial charge in [-0.25, -0.2) is 4.39 Å². The molecule has 0 saturated carbocycles. The normalized spacial score (nSPS) is 11.6. The molecule has 0 aliphatic carbocycles. The second-order valence-electron chi connectivity index (χ2n) is 4.78. The molecule has 5 heteroatoms. The molecular formula is C17H18FNO3. The van der Waals surface area contributed by atoms with Crippen LogP contribution in [0.3, 0.4) is 0 Å². The maximum Gasteiger partial charge on any atom is 0.258 e. The lowest BCUT2D eigenvalue weighted by atomic mass is 10.1. The van der Waals surface area contributed by atoms with Gasteiger partial charge in [0, 0.05) is 0 Å². The molecule has 0 fully saturated rings. The maximum atomic E-state index is 13.7. The molecular weight excluding hydrogens is 285 g/mol. The van der Waals surface area contributed by atoms with E-state index in [2.05, 4.69) is 5.32 Å². The molecule has 2 rings (SSSR count). The molecule has 116 valence electrons. The summed E-state index contributed by atoms with van der Waals surface area (Å²) < 4.78 is 23.9. The second kappa shape index (κ2) is 7.45. The summed E-state index contributed by atoms with van der Waals surface area (Å²) in [5.74, 6) is 0.0738. The molecule has 0 aliphatic rings. The molecule has 0 saturated heterocycles. The molecule has 0 aliphatic heterocycles. The lowest BCUT2D eigenvalue weighted by Crippen LogP contribution is -2.31. The summed E-state index contributed by atoms with van der Waals surface area (Å²) in [7, 11) is 1.41. The molecule has 2 aromatic rings. The molecule has 0 bridgehead atoms. The summed E-state index contributed by atoms with van der Waals surface area (Å²) in [6, 6.07) is 13.3. The number of halogens is 1. The third-order valence-corrected chi connectivity index (χ3v) is 3.17. The van der Waals surface area contributed by atoms with Crippen LogP contribution < -0.4 is 14.8 Å². The zero-order chi connectivity index (χ0) is 15.9. The number of hydrogen-bond donors (Lipinski definition) is 1. The molecule has 1 atom stereocenters. The van der Waals surface area contributed by atoms with Crippen molar-refractivity contribution in [2.75, 3.05) is 13.7 Å². The van der Waals surface area contributed by atoms with Crippen molar-refractivity contribution in [3.05, 3.63) is 59.9 Å². The van der Waals surface area contributed by atoms with Gasteiger partial charge in [0.15, 0.2) is 18.2 Å². The number of methoxy groups -OCH3 is 1. The Morgan fingerprint density at radius 1 is 1.23 bits per heavy atom. The summed E-state index contributed by atoms with van der Waals surface area (Å²) in [5.41, 5.74) is 0.659. The van der Waals surface area contributed by atoms with Gasteiger partial charge in [-0.2, -0.15) is 0 Å². The predicted molar refractivity (Wildman–Crippen MR) is 81.4 cm³/mol. The second-order valence-corrected chi connectivity index (χ2v) is 4.78. The maximum absolute atomic E-state index is 13.7. The van der Waals surface area contributed by atoms with Crippen LogP contribution in [0.5, 0.6) is 11.5 Å². The number of benzene rings is 2. The Balaban J connectivity index is 1.89. The largest absolute Gasteiger partial charge is 0.494 e. The highest BCUT2D eigenvalue weighted by atomic mass is 19.1. The van der Waals surface area contributed by atoms with Crippen LogP contribution in [0.4, 0.5) is 4.39 Å². The van der Waals surface area contributed by atoms with Crippen LogP contribution in [0, 0.1) is 5.82 Å². The number of carbonyl (C=O) groups is 1. The summed E-state index contributed by atoms with van der Waals surface area (Å²) in [6.07, 6.45) is 0. The van der Waals surface area contributed by atoms with E-state index in [1.807, 2.05) is 18.2 Å². The van der Waals surface area contributed by atoms with E-state index < -0.39 is 5.82 Å². The van der Waals surface area contributed by atoms with Crippen molar-refractivity contribution in [3.63, 3.8) is 0 Å². The van der Waals surface area contributed by atoms with Crippen molar-refractivity contribution in [1.82, 2.24) is 5.32 Å². The first-order chi connectivity index (χ1) is 10.6. The fraction of sp³-hybridized carbons (Fsp3) is 0.235. The van der Waals surface area contributed by atoms with Crippen molar-refractivity contribution in [2.45, 2.75) is 13.0 Å². The molecule has 0 unspecified atom stereocenters. The number of carbonyl (C=O) groups excluding carboxylic acids is 1. The van der Waals surface area contributed by atoms with Crippen LogP contribution in [0.2, 0.25) is 0 Å². The first-order valence-electron chi connectivity index (χ1n) is 6.91. The molecule has 0 radical (unpaired) electrons. The summed E-state index contributed by atoms with van der Waals surface area (Å²) in [5, 5.41) is 2.76. The quantitative estimate of drug-likeness (QED) is 0.892. The highest BCUT2D eigenvalue weighted by molar-refractivity contribution is 5.78. The van der Waals surface area contributed by atoms with E-state index in [4.69, 9.17) is 9.47 Å². The SMILES string of the molecule is COc1ccc([C@@H](C)NC(=O)COc2ccccc2)cc1F. The van der Waals surface area contributed by atoms with Gasteiger partial charge in [0.25, 0.3) is 5.91 Å². The average molecular weight is 303 g/mol. The van der Waals surface area contributed by atoms with Gasteiger partial charge in [0.1, 0.15) is 5.75 Å². The van der Waals surface area contributed by atoms with E-state index >= 15 is 0 Å². The van der Waals surface area contributed by atoms with Gasteiger partial charge in [0.05, 0.1) is 13.2 Å². The predicted octanol–water partition coefficient (Wildman–Crippen LogP) is 3.09. The third kappa shape index (κ3) is 4.22. The molecule has 0 spiro atoms. The molecule has 1 N–H and O–H groups in total. The van der Waals surface area contributed by atoms with Gasteiger partial charge in [-0.15, -0.1) is 0 Å². The van der Waals surface area contributed by atoms with Crippen LogP contribution in [0.25, 0.3) is 0 Å². The summed E-state index contributed by atoms with van der Waals surface area (Å²) in [6.45, 7) is 1.69. The lowest BCUT2D eigenvalue weighted by Gasteiger charge is -2.15. The highest BCUT2D eigenvalue weighted by Gasteiger charge is 2.12. The van der Waals surface area contributed by atoms with Gasteiger partial charge >= 0.3 is 0 Å². The van der Waals surface area contributed by atoms with Gasteiger partial charge in [-0.1, -0.05) is 24.3 Å². The number of hydrogen-bond acceptors (Lipinski definition) is 3. The number of ether oxygens (including phenoxy) is 2. The minimum atomic E-state index is -0.457. The minimum Gasteiger partial charge on any atom is -0.494 e. The van der Waals surface area contributed by atoms with E-state index in [1.165, 1.54) is 19.2 Å². The van der Waals surface area contributed by atoms with E-state index in [-0.39, 0.29) is 24.3 Å². The first kappa shape index (κ1) is 15.8.